The summed E-state index contributed by atoms with van der Waals surface area (Å²) in [5.74, 6) is -1.02. The summed E-state index contributed by atoms with van der Waals surface area (Å²) >= 11 is 0. The summed E-state index contributed by atoms with van der Waals surface area (Å²) in [7, 11) is -4.64. The standard InChI is InChI=1S/C52H91O10P/c1-3-5-7-9-11-13-15-17-19-21-23-24-26-27-29-31-33-35-37-39-41-43-51(55)59-47-50(48-61-63(57,58)60-46-49(54)45-53)62-52(56)44-42-40-38-36-34-32-30-28-25-22-20-18-16-14-12-10-8-6-4-2/h6,8,12,14,18,20,25,28,32,34,38,40,49-50,53-54H,3-5,7,9-11,13,15-17,19,21-24,26-27,29-31,33,35-37,39,41-48H2,1-2H3,(H,57,58)/b8-6-,14-12-,20-18-,28-25-,34-32-,40-38-. The Morgan fingerprint density at radius 2 is 0.873 bits per heavy atom. The summed E-state index contributed by atoms with van der Waals surface area (Å²) in [4.78, 5) is 35.1. The van der Waals surface area contributed by atoms with E-state index in [4.69, 9.17) is 23.6 Å². The molecule has 364 valence electrons. The molecular formula is C52H91O10P. The molecule has 0 fully saturated rings. The first kappa shape index (κ1) is 60.4. The van der Waals surface area contributed by atoms with Crippen LogP contribution in [0.25, 0.3) is 0 Å². The van der Waals surface area contributed by atoms with Gasteiger partial charge >= 0.3 is 19.8 Å². The minimum absolute atomic E-state index is 0.0576. The van der Waals surface area contributed by atoms with Crippen molar-refractivity contribution >= 4 is 19.8 Å². The summed E-state index contributed by atoms with van der Waals surface area (Å²) in [6, 6.07) is 0. The van der Waals surface area contributed by atoms with Gasteiger partial charge in [0.2, 0.25) is 0 Å². The van der Waals surface area contributed by atoms with Gasteiger partial charge in [0.25, 0.3) is 0 Å². The Morgan fingerprint density at radius 3 is 1.29 bits per heavy atom. The highest BCUT2D eigenvalue weighted by molar-refractivity contribution is 7.47. The number of carbonyl (C=O) groups is 2. The number of aliphatic hydroxyl groups excluding tert-OH is 2. The van der Waals surface area contributed by atoms with Gasteiger partial charge in [0.1, 0.15) is 12.7 Å². The topological polar surface area (TPSA) is 149 Å². The monoisotopic (exact) mass is 907 g/mol. The number of aliphatic hydroxyl groups is 2. The zero-order valence-electron chi connectivity index (χ0n) is 39.8. The third-order valence-corrected chi connectivity index (χ3v) is 11.3. The molecule has 0 aromatic heterocycles. The molecule has 63 heavy (non-hydrogen) atoms. The van der Waals surface area contributed by atoms with Crippen LogP contribution in [0.1, 0.15) is 206 Å². The number of carbonyl (C=O) groups excluding carboxylic acids is 2. The van der Waals surface area contributed by atoms with E-state index in [1.54, 1.807) is 0 Å². The smallest absolute Gasteiger partial charge is 0.462 e. The number of phosphoric acid groups is 1. The number of rotatable bonds is 46. The molecule has 0 heterocycles. The molecule has 0 saturated heterocycles. The fourth-order valence-corrected chi connectivity index (χ4v) is 7.40. The quantitative estimate of drug-likeness (QED) is 0.0233. The summed E-state index contributed by atoms with van der Waals surface area (Å²) in [6.07, 6.45) is 56.0. The largest absolute Gasteiger partial charge is 0.472 e. The number of hydrogen-bond acceptors (Lipinski definition) is 9. The maximum Gasteiger partial charge on any atom is 0.472 e. The Balaban J connectivity index is 4.29. The first-order chi connectivity index (χ1) is 30.7. The molecular weight excluding hydrogens is 816 g/mol. The summed E-state index contributed by atoms with van der Waals surface area (Å²) in [6.45, 7) is 2.21. The van der Waals surface area contributed by atoms with Crippen molar-refractivity contribution in [1.82, 2.24) is 0 Å². The second kappa shape index (κ2) is 47.4. The number of allylic oxidation sites excluding steroid dienone is 12. The van der Waals surface area contributed by atoms with E-state index >= 15 is 0 Å². The van der Waals surface area contributed by atoms with Gasteiger partial charge in [-0.15, -0.1) is 0 Å². The minimum Gasteiger partial charge on any atom is -0.462 e. The number of phosphoric ester groups is 1. The van der Waals surface area contributed by atoms with E-state index in [0.29, 0.717) is 12.8 Å². The van der Waals surface area contributed by atoms with Gasteiger partial charge in [-0.3, -0.25) is 18.6 Å². The Morgan fingerprint density at radius 1 is 0.492 bits per heavy atom. The van der Waals surface area contributed by atoms with Crippen LogP contribution in [0.2, 0.25) is 0 Å². The second-order valence-electron chi connectivity index (χ2n) is 16.5. The molecule has 0 rings (SSSR count). The summed E-state index contributed by atoms with van der Waals surface area (Å²) in [5, 5.41) is 18.4. The molecule has 0 spiro atoms. The van der Waals surface area contributed by atoms with Crippen molar-refractivity contribution in [1.29, 1.82) is 0 Å². The second-order valence-corrected chi connectivity index (χ2v) is 17.9. The van der Waals surface area contributed by atoms with Crippen molar-refractivity contribution in [2.75, 3.05) is 26.4 Å². The molecule has 3 N–H and O–H groups in total. The van der Waals surface area contributed by atoms with Crippen LogP contribution >= 0.6 is 7.82 Å². The normalized spacial score (nSPS) is 14.3. The van der Waals surface area contributed by atoms with Gasteiger partial charge in [-0.05, 0) is 51.4 Å². The molecule has 0 aliphatic heterocycles. The van der Waals surface area contributed by atoms with Crippen molar-refractivity contribution in [3.05, 3.63) is 72.9 Å². The molecule has 0 aromatic carbocycles. The van der Waals surface area contributed by atoms with Gasteiger partial charge < -0.3 is 24.6 Å². The highest BCUT2D eigenvalue weighted by atomic mass is 31.2. The van der Waals surface area contributed by atoms with Gasteiger partial charge in [-0.2, -0.15) is 0 Å². The van der Waals surface area contributed by atoms with Gasteiger partial charge in [0.05, 0.1) is 19.8 Å². The fourth-order valence-electron chi connectivity index (χ4n) is 6.61. The molecule has 3 unspecified atom stereocenters. The lowest BCUT2D eigenvalue weighted by Gasteiger charge is -2.20. The molecule has 11 heteroatoms. The van der Waals surface area contributed by atoms with Crippen molar-refractivity contribution in [3.63, 3.8) is 0 Å². The van der Waals surface area contributed by atoms with E-state index in [1.165, 1.54) is 109 Å². The zero-order chi connectivity index (χ0) is 46.2. The van der Waals surface area contributed by atoms with Crippen molar-refractivity contribution < 1.29 is 47.8 Å². The molecule has 0 amide bonds. The third-order valence-electron chi connectivity index (χ3n) is 10.4. The van der Waals surface area contributed by atoms with Crippen molar-refractivity contribution in [2.24, 2.45) is 0 Å². The van der Waals surface area contributed by atoms with E-state index in [2.05, 4.69) is 74.6 Å². The van der Waals surface area contributed by atoms with Crippen LogP contribution in [0, 0.1) is 0 Å². The van der Waals surface area contributed by atoms with Crippen LogP contribution in [0.4, 0.5) is 0 Å². The molecule has 3 atom stereocenters. The van der Waals surface area contributed by atoms with Crippen LogP contribution in [0.3, 0.4) is 0 Å². The van der Waals surface area contributed by atoms with Crippen LogP contribution in [-0.2, 0) is 32.7 Å². The van der Waals surface area contributed by atoms with Gasteiger partial charge in [-0.1, -0.05) is 215 Å². The third kappa shape index (κ3) is 47.2. The molecule has 0 radical (unpaired) electrons. The van der Waals surface area contributed by atoms with Crippen LogP contribution in [0.5, 0.6) is 0 Å². The highest BCUT2D eigenvalue weighted by Gasteiger charge is 2.27. The molecule has 0 bridgehead atoms. The molecule has 0 saturated carbocycles. The molecule has 0 aliphatic carbocycles. The molecule has 0 aromatic rings. The maximum absolute atomic E-state index is 12.6. The van der Waals surface area contributed by atoms with Crippen LogP contribution in [-0.4, -0.2) is 65.7 Å². The average Bonchev–Trinajstić information content (AvgIpc) is 3.27. The number of esters is 2. The Kier molecular flexibility index (Phi) is 45.4. The SMILES string of the molecule is CC/C=C\C/C=C\C/C=C\C/C=C\C/C=C\C/C=C\CCC(=O)OC(COC(=O)CCCCCCCCCCCCCCCCCCCCCCC)COP(=O)(O)OCC(O)CO. The van der Waals surface area contributed by atoms with Gasteiger partial charge in [-0.25, -0.2) is 4.57 Å². The Hall–Kier alpha value is -2.59. The number of unbranched alkanes of at least 4 members (excludes halogenated alkanes) is 20. The van der Waals surface area contributed by atoms with Crippen LogP contribution in [0.15, 0.2) is 72.9 Å². The van der Waals surface area contributed by atoms with Gasteiger partial charge in [0.15, 0.2) is 6.10 Å². The lowest BCUT2D eigenvalue weighted by Crippen LogP contribution is -2.29. The minimum atomic E-state index is -4.64. The van der Waals surface area contributed by atoms with E-state index in [1.807, 2.05) is 12.2 Å². The number of ether oxygens (including phenoxy) is 2. The molecule has 10 nitrogen and oxygen atoms in total. The Bertz CT molecular complexity index is 1270. The average molecular weight is 907 g/mol. The van der Waals surface area contributed by atoms with Crippen molar-refractivity contribution in [3.8, 4) is 0 Å². The van der Waals surface area contributed by atoms with E-state index in [9.17, 15) is 24.2 Å². The van der Waals surface area contributed by atoms with E-state index in [-0.39, 0.29) is 19.4 Å². The lowest BCUT2D eigenvalue weighted by molar-refractivity contribution is -0.161. The van der Waals surface area contributed by atoms with Gasteiger partial charge in [0, 0.05) is 12.8 Å². The summed E-state index contributed by atoms with van der Waals surface area (Å²) in [5.41, 5.74) is 0. The van der Waals surface area contributed by atoms with Crippen molar-refractivity contribution in [2.45, 2.75) is 219 Å². The molecule has 0 aliphatic rings. The number of hydrogen-bond donors (Lipinski definition) is 3. The Labute approximate surface area is 384 Å². The predicted octanol–water partition coefficient (Wildman–Crippen LogP) is 14.0. The zero-order valence-corrected chi connectivity index (χ0v) is 40.7. The maximum atomic E-state index is 12.6. The highest BCUT2D eigenvalue weighted by Crippen LogP contribution is 2.43. The predicted molar refractivity (Wildman–Crippen MR) is 260 cm³/mol. The van der Waals surface area contributed by atoms with E-state index in [0.717, 1.165) is 57.8 Å². The fraction of sp³-hybridized carbons (Fsp3) is 0.731. The first-order valence-corrected chi connectivity index (χ1v) is 26.4. The lowest BCUT2D eigenvalue weighted by atomic mass is 10.0. The summed E-state index contributed by atoms with van der Waals surface area (Å²) < 4.78 is 32.7. The van der Waals surface area contributed by atoms with Crippen LogP contribution < -0.4 is 0 Å². The van der Waals surface area contributed by atoms with E-state index < -0.39 is 51.8 Å². The first-order valence-electron chi connectivity index (χ1n) is 24.9.